The fourth-order valence-electron chi connectivity index (χ4n) is 2.55. The summed E-state index contributed by atoms with van der Waals surface area (Å²) in [6, 6.07) is 6.81. The number of hydrogen-bond donors (Lipinski definition) is 0. The summed E-state index contributed by atoms with van der Waals surface area (Å²) in [5.41, 5.74) is 1.22. The molecule has 0 radical (unpaired) electrons. The number of carbonyl (C=O) groups is 1. The van der Waals surface area contributed by atoms with Gasteiger partial charge in [-0.05, 0) is 36.6 Å². The maximum Gasteiger partial charge on any atom is 0.253 e. The number of sulfonamides is 1. The quantitative estimate of drug-likeness (QED) is 0.854. The number of benzene rings is 1. The fourth-order valence-corrected chi connectivity index (χ4v) is 4.12. The zero-order valence-electron chi connectivity index (χ0n) is 12.7. The smallest absolute Gasteiger partial charge is 0.253 e. The molecule has 0 N–H and O–H groups in total. The van der Waals surface area contributed by atoms with E-state index in [1.165, 1.54) is 4.31 Å². The minimum absolute atomic E-state index is 0.0421. The van der Waals surface area contributed by atoms with E-state index in [-0.39, 0.29) is 11.7 Å². The Morgan fingerprint density at radius 2 is 1.90 bits per heavy atom. The molecule has 5 nitrogen and oxygen atoms in total. The number of hydrogen-bond acceptors (Lipinski definition) is 3. The van der Waals surface area contributed by atoms with Crippen molar-refractivity contribution in [3.8, 4) is 0 Å². The summed E-state index contributed by atoms with van der Waals surface area (Å²) in [5, 5.41) is 0. The van der Waals surface area contributed by atoms with Crippen LogP contribution in [0, 0.1) is 5.92 Å². The highest BCUT2D eigenvalue weighted by Crippen LogP contribution is 2.24. The topological polar surface area (TPSA) is 57.7 Å². The summed E-state index contributed by atoms with van der Waals surface area (Å²) in [6.07, 6.45) is 0.653. The van der Waals surface area contributed by atoms with E-state index in [2.05, 4.69) is 13.8 Å². The van der Waals surface area contributed by atoms with Crippen LogP contribution in [0.4, 0.5) is 5.69 Å². The van der Waals surface area contributed by atoms with Gasteiger partial charge in [0.25, 0.3) is 5.91 Å². The summed E-state index contributed by atoms with van der Waals surface area (Å²) in [4.78, 5) is 13.9. The van der Waals surface area contributed by atoms with Gasteiger partial charge in [-0.15, -0.1) is 0 Å². The van der Waals surface area contributed by atoms with Gasteiger partial charge in [0, 0.05) is 25.7 Å². The molecule has 1 aromatic carbocycles. The van der Waals surface area contributed by atoms with Crippen molar-refractivity contribution in [2.75, 3.05) is 30.2 Å². The molecule has 1 heterocycles. The van der Waals surface area contributed by atoms with Crippen LogP contribution in [0.5, 0.6) is 0 Å². The van der Waals surface area contributed by atoms with Gasteiger partial charge in [-0.2, -0.15) is 0 Å². The van der Waals surface area contributed by atoms with Crippen molar-refractivity contribution in [3.05, 3.63) is 29.8 Å². The molecular weight excluding hydrogens is 288 g/mol. The lowest BCUT2D eigenvalue weighted by Crippen LogP contribution is -2.30. The molecule has 1 saturated heterocycles. The minimum Gasteiger partial charge on any atom is -0.341 e. The zero-order valence-corrected chi connectivity index (χ0v) is 13.6. The predicted octanol–water partition coefficient (Wildman–Crippen LogP) is 1.95. The first-order valence-electron chi connectivity index (χ1n) is 7.17. The summed E-state index contributed by atoms with van der Waals surface area (Å²) in [5.74, 6) is 0.567. The van der Waals surface area contributed by atoms with Crippen LogP contribution < -0.4 is 4.31 Å². The van der Waals surface area contributed by atoms with E-state index >= 15 is 0 Å². The first-order chi connectivity index (χ1) is 9.81. The Morgan fingerprint density at radius 3 is 2.38 bits per heavy atom. The summed E-state index contributed by atoms with van der Waals surface area (Å²) < 4.78 is 25.1. The van der Waals surface area contributed by atoms with Crippen LogP contribution >= 0.6 is 0 Å². The van der Waals surface area contributed by atoms with E-state index in [9.17, 15) is 13.2 Å². The van der Waals surface area contributed by atoms with Gasteiger partial charge in [0.1, 0.15) is 0 Å². The number of rotatable bonds is 4. The molecule has 6 heteroatoms. The highest BCUT2D eigenvalue weighted by atomic mass is 32.2. The summed E-state index contributed by atoms with van der Waals surface area (Å²) in [7, 11) is -1.39. The van der Waals surface area contributed by atoms with Crippen LogP contribution in [0.2, 0.25) is 0 Å². The van der Waals surface area contributed by atoms with Crippen molar-refractivity contribution < 1.29 is 13.2 Å². The van der Waals surface area contributed by atoms with Crippen molar-refractivity contribution >= 4 is 21.6 Å². The lowest BCUT2D eigenvalue weighted by Gasteiger charge is -2.20. The molecule has 0 unspecified atom stereocenters. The van der Waals surface area contributed by atoms with Gasteiger partial charge >= 0.3 is 0 Å². The molecule has 0 saturated carbocycles. The Kier molecular flexibility index (Phi) is 4.56. The first kappa shape index (κ1) is 15.8. The number of amides is 1. The predicted molar refractivity (Wildman–Crippen MR) is 84.0 cm³/mol. The van der Waals surface area contributed by atoms with E-state index in [0.717, 1.165) is 0 Å². The van der Waals surface area contributed by atoms with Gasteiger partial charge in [0.05, 0.1) is 11.4 Å². The molecule has 116 valence electrons. The molecule has 0 bridgehead atoms. The molecule has 1 aliphatic rings. The van der Waals surface area contributed by atoms with E-state index in [1.807, 2.05) is 0 Å². The molecule has 0 aliphatic carbocycles. The monoisotopic (exact) mass is 310 g/mol. The van der Waals surface area contributed by atoms with Gasteiger partial charge in [-0.25, -0.2) is 8.42 Å². The average molecular weight is 310 g/mol. The van der Waals surface area contributed by atoms with Crippen molar-refractivity contribution in [2.24, 2.45) is 5.92 Å². The van der Waals surface area contributed by atoms with Gasteiger partial charge < -0.3 is 4.90 Å². The maximum atomic E-state index is 12.2. The Balaban J connectivity index is 2.14. The molecule has 0 spiro atoms. The second kappa shape index (κ2) is 6.05. The Bertz CT molecular complexity index is 608. The number of carbonyl (C=O) groups excluding carboxylic acids is 1. The summed E-state index contributed by atoms with van der Waals surface area (Å²) >= 11 is 0. The highest BCUT2D eigenvalue weighted by molar-refractivity contribution is 7.93. The Morgan fingerprint density at radius 1 is 1.29 bits per heavy atom. The molecule has 1 amide bonds. The minimum atomic E-state index is -3.17. The van der Waals surface area contributed by atoms with Crippen LogP contribution in [-0.2, 0) is 10.0 Å². The third kappa shape index (κ3) is 3.56. The van der Waals surface area contributed by atoms with Gasteiger partial charge in [0.15, 0.2) is 0 Å². The van der Waals surface area contributed by atoms with Crippen molar-refractivity contribution in [1.82, 2.24) is 4.90 Å². The van der Waals surface area contributed by atoms with Gasteiger partial charge in [-0.1, -0.05) is 13.8 Å². The van der Waals surface area contributed by atoms with Crippen LogP contribution in [-0.4, -0.2) is 45.1 Å². The van der Waals surface area contributed by atoms with Crippen molar-refractivity contribution in [1.29, 1.82) is 0 Å². The van der Waals surface area contributed by atoms with Crippen LogP contribution in [0.3, 0.4) is 0 Å². The van der Waals surface area contributed by atoms with E-state index in [1.54, 1.807) is 36.2 Å². The molecule has 21 heavy (non-hydrogen) atoms. The maximum absolute atomic E-state index is 12.2. The molecule has 2 rings (SSSR count). The Hall–Kier alpha value is -1.56. The lowest BCUT2D eigenvalue weighted by atomic mass is 10.1. The number of anilines is 1. The normalized spacial score (nSPS) is 17.2. The Labute approximate surface area is 126 Å². The molecule has 0 atom stereocenters. The zero-order chi connectivity index (χ0) is 15.6. The standard InChI is InChI=1S/C15H22N2O3S/c1-12(2)11-16(3)15(18)13-5-7-14(8-6-13)17-9-4-10-21(17,19)20/h5-8,12H,4,9-11H2,1-3H3. The lowest BCUT2D eigenvalue weighted by molar-refractivity contribution is 0.0779. The van der Waals surface area contributed by atoms with Crippen molar-refractivity contribution in [3.63, 3.8) is 0 Å². The van der Waals surface area contributed by atoms with Crippen molar-refractivity contribution in [2.45, 2.75) is 20.3 Å². The SMILES string of the molecule is CC(C)CN(C)C(=O)c1ccc(N2CCCS2(=O)=O)cc1. The molecule has 1 aliphatic heterocycles. The fraction of sp³-hybridized carbons (Fsp3) is 0.533. The van der Waals surface area contributed by atoms with Gasteiger partial charge in [0.2, 0.25) is 10.0 Å². The van der Waals surface area contributed by atoms with Crippen LogP contribution in [0.1, 0.15) is 30.6 Å². The van der Waals surface area contributed by atoms with E-state index in [4.69, 9.17) is 0 Å². The summed E-state index contributed by atoms with van der Waals surface area (Å²) in [6.45, 7) is 5.33. The molecular formula is C15H22N2O3S. The second-order valence-corrected chi connectivity index (χ2v) is 7.88. The largest absolute Gasteiger partial charge is 0.341 e. The van der Waals surface area contributed by atoms with Crippen LogP contribution in [0.25, 0.3) is 0 Å². The van der Waals surface area contributed by atoms with E-state index in [0.29, 0.717) is 36.7 Å². The average Bonchev–Trinajstić information content (AvgIpc) is 2.77. The first-order valence-corrected chi connectivity index (χ1v) is 8.78. The number of nitrogens with zero attached hydrogens (tertiary/aromatic N) is 2. The molecule has 1 aromatic rings. The van der Waals surface area contributed by atoms with Gasteiger partial charge in [-0.3, -0.25) is 9.10 Å². The molecule has 0 aromatic heterocycles. The highest BCUT2D eigenvalue weighted by Gasteiger charge is 2.28. The third-order valence-corrected chi connectivity index (χ3v) is 5.36. The third-order valence-electron chi connectivity index (χ3n) is 3.49. The van der Waals surface area contributed by atoms with Crippen LogP contribution in [0.15, 0.2) is 24.3 Å². The molecule has 1 fully saturated rings. The second-order valence-electron chi connectivity index (χ2n) is 5.87. The van der Waals surface area contributed by atoms with E-state index < -0.39 is 10.0 Å².